The summed E-state index contributed by atoms with van der Waals surface area (Å²) in [5.41, 5.74) is 5.55. The summed E-state index contributed by atoms with van der Waals surface area (Å²) in [5.74, 6) is 0. The Kier molecular flexibility index (Phi) is 1.87. The second-order valence-corrected chi connectivity index (χ2v) is 3.52. The number of ether oxygens (including phenoxy) is 2. The van der Waals surface area contributed by atoms with Crippen molar-refractivity contribution in [3.05, 3.63) is 0 Å². The van der Waals surface area contributed by atoms with E-state index in [2.05, 4.69) is 0 Å². The largest absolute Gasteiger partial charge is 0.372 e. The van der Waals surface area contributed by atoms with Crippen molar-refractivity contribution < 1.29 is 9.47 Å². The lowest BCUT2D eigenvalue weighted by molar-refractivity contribution is -0.217. The van der Waals surface area contributed by atoms with Crippen molar-refractivity contribution in [2.75, 3.05) is 19.8 Å². The van der Waals surface area contributed by atoms with E-state index in [1.807, 2.05) is 0 Å². The molecule has 1 aliphatic heterocycles. The van der Waals surface area contributed by atoms with Crippen LogP contribution in [-0.2, 0) is 9.47 Å². The van der Waals surface area contributed by atoms with Gasteiger partial charge in [-0.1, -0.05) is 0 Å². The zero-order valence-electron chi connectivity index (χ0n) is 6.71. The van der Waals surface area contributed by atoms with Gasteiger partial charge in [0, 0.05) is 6.54 Å². The number of nitrogens with two attached hydrogens (primary N) is 1. The molecule has 1 saturated heterocycles. The molecule has 1 unspecified atom stereocenters. The van der Waals surface area contributed by atoms with Crippen molar-refractivity contribution in [1.29, 1.82) is 0 Å². The number of hydrogen-bond acceptors (Lipinski definition) is 3. The van der Waals surface area contributed by atoms with Gasteiger partial charge in [0.15, 0.2) is 0 Å². The molecule has 0 aromatic heterocycles. The molecule has 64 valence electrons. The standard InChI is InChI=1S/C8H15NO2/c9-4-7-5-11-8(6-10-7)2-1-3-8/h7H,1-6,9H2. The minimum atomic E-state index is 0.103. The highest BCUT2D eigenvalue weighted by Gasteiger charge is 2.42. The molecule has 1 aliphatic carbocycles. The van der Waals surface area contributed by atoms with Gasteiger partial charge >= 0.3 is 0 Å². The van der Waals surface area contributed by atoms with Gasteiger partial charge in [0.1, 0.15) is 0 Å². The van der Waals surface area contributed by atoms with Gasteiger partial charge < -0.3 is 15.2 Å². The zero-order valence-corrected chi connectivity index (χ0v) is 6.71. The second kappa shape index (κ2) is 2.73. The first kappa shape index (κ1) is 7.53. The number of rotatable bonds is 1. The summed E-state index contributed by atoms with van der Waals surface area (Å²) in [6.45, 7) is 2.03. The molecule has 2 N–H and O–H groups in total. The quantitative estimate of drug-likeness (QED) is 0.594. The first-order valence-corrected chi connectivity index (χ1v) is 4.30. The van der Waals surface area contributed by atoms with Gasteiger partial charge in [0.25, 0.3) is 0 Å². The molecule has 11 heavy (non-hydrogen) atoms. The topological polar surface area (TPSA) is 44.5 Å². The van der Waals surface area contributed by atoms with E-state index in [0.29, 0.717) is 13.2 Å². The zero-order chi connectivity index (χ0) is 7.73. The van der Waals surface area contributed by atoms with E-state index in [-0.39, 0.29) is 11.7 Å². The molecular weight excluding hydrogens is 142 g/mol. The summed E-state index contributed by atoms with van der Waals surface area (Å²) in [7, 11) is 0. The molecule has 3 nitrogen and oxygen atoms in total. The lowest BCUT2D eigenvalue weighted by Gasteiger charge is -2.46. The normalized spacial score (nSPS) is 35.2. The molecule has 2 rings (SSSR count). The molecule has 0 bridgehead atoms. The van der Waals surface area contributed by atoms with E-state index < -0.39 is 0 Å². The summed E-state index contributed by atoms with van der Waals surface area (Å²) in [6.07, 6.45) is 3.77. The minimum absolute atomic E-state index is 0.103. The van der Waals surface area contributed by atoms with Crippen molar-refractivity contribution in [3.63, 3.8) is 0 Å². The van der Waals surface area contributed by atoms with Crippen molar-refractivity contribution >= 4 is 0 Å². The van der Waals surface area contributed by atoms with Crippen LogP contribution in [0.15, 0.2) is 0 Å². The van der Waals surface area contributed by atoms with Gasteiger partial charge in [-0.25, -0.2) is 0 Å². The molecular formula is C8H15NO2. The summed E-state index contributed by atoms with van der Waals surface area (Å²) < 4.78 is 11.2. The molecule has 1 spiro atoms. The smallest absolute Gasteiger partial charge is 0.0932 e. The second-order valence-electron chi connectivity index (χ2n) is 3.52. The maximum Gasteiger partial charge on any atom is 0.0932 e. The highest BCUT2D eigenvalue weighted by atomic mass is 16.6. The molecule has 2 fully saturated rings. The van der Waals surface area contributed by atoms with E-state index in [4.69, 9.17) is 15.2 Å². The monoisotopic (exact) mass is 157 g/mol. The van der Waals surface area contributed by atoms with Crippen LogP contribution >= 0.6 is 0 Å². The average molecular weight is 157 g/mol. The minimum Gasteiger partial charge on any atom is -0.372 e. The maximum absolute atomic E-state index is 5.70. The van der Waals surface area contributed by atoms with E-state index in [0.717, 1.165) is 6.61 Å². The Morgan fingerprint density at radius 2 is 2.27 bits per heavy atom. The predicted octanol–water partition coefficient (Wildman–Crippen LogP) is 0.283. The third-order valence-electron chi connectivity index (χ3n) is 2.69. The molecule has 2 aliphatic rings. The first-order chi connectivity index (χ1) is 5.35. The molecule has 1 saturated carbocycles. The van der Waals surface area contributed by atoms with Crippen LogP contribution in [0.3, 0.4) is 0 Å². The third-order valence-corrected chi connectivity index (χ3v) is 2.69. The van der Waals surface area contributed by atoms with Crippen LogP contribution in [0.4, 0.5) is 0 Å². The summed E-state index contributed by atoms with van der Waals surface area (Å²) in [5, 5.41) is 0. The molecule has 0 aromatic carbocycles. The third kappa shape index (κ3) is 1.28. The average Bonchev–Trinajstić information content (AvgIpc) is 2.02. The Hall–Kier alpha value is -0.120. The Bertz CT molecular complexity index is 135. The van der Waals surface area contributed by atoms with Gasteiger partial charge in [0.05, 0.1) is 24.9 Å². The molecule has 0 aromatic rings. The summed E-state index contributed by atoms with van der Waals surface area (Å²) >= 11 is 0. The molecule has 1 heterocycles. The van der Waals surface area contributed by atoms with Gasteiger partial charge in [-0.3, -0.25) is 0 Å². The van der Waals surface area contributed by atoms with Crippen molar-refractivity contribution in [2.24, 2.45) is 5.73 Å². The van der Waals surface area contributed by atoms with E-state index in [1.54, 1.807) is 0 Å². The number of hydrogen-bond donors (Lipinski definition) is 1. The van der Waals surface area contributed by atoms with Crippen LogP contribution < -0.4 is 5.73 Å². The van der Waals surface area contributed by atoms with E-state index >= 15 is 0 Å². The molecule has 0 amide bonds. The Morgan fingerprint density at radius 3 is 2.64 bits per heavy atom. The summed E-state index contributed by atoms with van der Waals surface area (Å²) in [6, 6.07) is 0. The fourth-order valence-electron chi connectivity index (χ4n) is 1.63. The Labute approximate surface area is 66.8 Å². The maximum atomic E-state index is 5.70. The SMILES string of the molecule is NCC1COC2(CCC2)CO1. The first-order valence-electron chi connectivity index (χ1n) is 4.30. The lowest BCUT2D eigenvalue weighted by atomic mass is 9.80. The van der Waals surface area contributed by atoms with Gasteiger partial charge in [-0.05, 0) is 19.3 Å². The Morgan fingerprint density at radius 1 is 1.45 bits per heavy atom. The van der Waals surface area contributed by atoms with Gasteiger partial charge in [-0.2, -0.15) is 0 Å². The predicted molar refractivity (Wildman–Crippen MR) is 41.3 cm³/mol. The highest BCUT2D eigenvalue weighted by molar-refractivity contribution is 4.92. The van der Waals surface area contributed by atoms with Crippen LogP contribution in [0.25, 0.3) is 0 Å². The van der Waals surface area contributed by atoms with Crippen LogP contribution in [-0.4, -0.2) is 31.5 Å². The van der Waals surface area contributed by atoms with Crippen LogP contribution in [0.2, 0.25) is 0 Å². The van der Waals surface area contributed by atoms with E-state index in [1.165, 1.54) is 19.3 Å². The van der Waals surface area contributed by atoms with Crippen molar-refractivity contribution in [2.45, 2.75) is 31.0 Å². The molecule has 0 radical (unpaired) electrons. The van der Waals surface area contributed by atoms with Crippen molar-refractivity contribution in [3.8, 4) is 0 Å². The van der Waals surface area contributed by atoms with Crippen LogP contribution in [0.5, 0.6) is 0 Å². The van der Waals surface area contributed by atoms with Crippen LogP contribution in [0.1, 0.15) is 19.3 Å². The van der Waals surface area contributed by atoms with Gasteiger partial charge in [-0.15, -0.1) is 0 Å². The fourth-order valence-corrected chi connectivity index (χ4v) is 1.63. The lowest BCUT2D eigenvalue weighted by Crippen LogP contribution is -2.52. The molecule has 1 atom stereocenters. The molecule has 3 heteroatoms. The van der Waals surface area contributed by atoms with Crippen molar-refractivity contribution in [1.82, 2.24) is 0 Å². The van der Waals surface area contributed by atoms with E-state index in [9.17, 15) is 0 Å². The fraction of sp³-hybridized carbons (Fsp3) is 1.00. The Balaban J connectivity index is 1.84. The highest BCUT2D eigenvalue weighted by Crippen LogP contribution is 2.38. The van der Waals surface area contributed by atoms with Crippen LogP contribution in [0, 0.1) is 0 Å². The van der Waals surface area contributed by atoms with Gasteiger partial charge in [0.2, 0.25) is 0 Å². The summed E-state index contributed by atoms with van der Waals surface area (Å²) in [4.78, 5) is 0.